The van der Waals surface area contributed by atoms with Crippen LogP contribution in [0.15, 0.2) is 29.2 Å². The van der Waals surface area contributed by atoms with E-state index in [0.717, 1.165) is 6.42 Å². The fourth-order valence-corrected chi connectivity index (χ4v) is 4.69. The maximum atomic E-state index is 12.5. The molecule has 158 valence electrons. The Morgan fingerprint density at radius 3 is 2.36 bits per heavy atom. The normalized spacial score (nSPS) is 17.8. The molecule has 28 heavy (non-hydrogen) atoms. The lowest BCUT2D eigenvalue weighted by atomic mass is 9.98. The van der Waals surface area contributed by atoms with Gasteiger partial charge >= 0.3 is 5.97 Å². The van der Waals surface area contributed by atoms with Crippen LogP contribution in [0.5, 0.6) is 0 Å². The molecule has 0 saturated carbocycles. The molecule has 1 heterocycles. The molecule has 1 atom stereocenters. The van der Waals surface area contributed by atoms with E-state index in [9.17, 15) is 18.0 Å². The number of nitrogens with zero attached hydrogens (tertiary/aromatic N) is 2. The van der Waals surface area contributed by atoms with Gasteiger partial charge in [0.1, 0.15) is 0 Å². The molecule has 0 bridgehead atoms. The van der Waals surface area contributed by atoms with E-state index in [4.69, 9.17) is 5.11 Å². The van der Waals surface area contributed by atoms with Crippen LogP contribution < -0.4 is 5.32 Å². The Morgan fingerprint density at radius 1 is 1.21 bits per heavy atom. The van der Waals surface area contributed by atoms with Crippen LogP contribution in [0.2, 0.25) is 0 Å². The number of benzene rings is 1. The molecule has 1 aromatic carbocycles. The van der Waals surface area contributed by atoms with Crippen LogP contribution in [0.4, 0.5) is 5.69 Å². The van der Waals surface area contributed by atoms with E-state index in [-0.39, 0.29) is 29.8 Å². The average molecular weight is 434 g/mol. The van der Waals surface area contributed by atoms with Crippen LogP contribution >= 0.6 is 12.4 Å². The van der Waals surface area contributed by atoms with Crippen molar-refractivity contribution < 1.29 is 23.1 Å². The second-order valence-electron chi connectivity index (χ2n) is 6.57. The van der Waals surface area contributed by atoms with E-state index in [2.05, 4.69) is 5.32 Å². The first kappa shape index (κ1) is 24.4. The number of carboxylic acid groups (broad SMARTS) is 1. The molecule has 1 aliphatic rings. The van der Waals surface area contributed by atoms with Crippen molar-refractivity contribution >= 4 is 40.0 Å². The van der Waals surface area contributed by atoms with Crippen molar-refractivity contribution in [3.05, 3.63) is 24.3 Å². The monoisotopic (exact) mass is 433 g/mol. The van der Waals surface area contributed by atoms with E-state index < -0.39 is 21.9 Å². The van der Waals surface area contributed by atoms with Gasteiger partial charge in [0.25, 0.3) is 0 Å². The van der Waals surface area contributed by atoms with Crippen LogP contribution in [-0.4, -0.2) is 67.3 Å². The molecule has 0 aliphatic carbocycles. The maximum absolute atomic E-state index is 12.5. The number of sulfonamides is 1. The minimum Gasteiger partial charge on any atom is -0.481 e. The zero-order valence-corrected chi connectivity index (χ0v) is 17.8. The number of anilines is 1. The lowest BCUT2D eigenvalue weighted by Gasteiger charge is -2.29. The number of amides is 1. The second-order valence-corrected chi connectivity index (χ2v) is 8.51. The van der Waals surface area contributed by atoms with Gasteiger partial charge in [-0.3, -0.25) is 14.5 Å². The van der Waals surface area contributed by atoms with Crippen LogP contribution in [-0.2, 0) is 19.6 Å². The predicted octanol–water partition coefficient (Wildman–Crippen LogP) is 1.87. The number of carbonyl (C=O) groups excluding carboxylic acids is 1. The zero-order valence-electron chi connectivity index (χ0n) is 16.1. The summed E-state index contributed by atoms with van der Waals surface area (Å²) in [6.45, 7) is 5.52. The van der Waals surface area contributed by atoms with E-state index in [1.165, 1.54) is 16.4 Å². The Bertz CT molecular complexity index is 766. The molecule has 2 rings (SSSR count). The average Bonchev–Trinajstić information content (AvgIpc) is 2.63. The highest BCUT2D eigenvalue weighted by molar-refractivity contribution is 7.89. The third-order valence-electron chi connectivity index (χ3n) is 4.70. The number of halogens is 1. The van der Waals surface area contributed by atoms with Crippen LogP contribution in [0.25, 0.3) is 0 Å². The molecule has 1 unspecified atom stereocenters. The predicted molar refractivity (Wildman–Crippen MR) is 109 cm³/mol. The molecule has 2 N–H and O–H groups in total. The fourth-order valence-electron chi connectivity index (χ4n) is 3.23. The standard InChI is InChI=1S/C18H27N3O5S.ClH/c1-3-21(4-2)27(25,26)16-9-7-15(8-10-16)19-17(22)13-20-11-5-6-14(12-20)18(23)24;/h7-10,14H,3-6,11-13H2,1-2H3,(H,19,22)(H,23,24);1H. The quantitative estimate of drug-likeness (QED) is 0.648. The van der Waals surface area contributed by atoms with Crippen LogP contribution in [0, 0.1) is 5.92 Å². The first-order valence-electron chi connectivity index (χ1n) is 9.13. The van der Waals surface area contributed by atoms with E-state index >= 15 is 0 Å². The number of carbonyl (C=O) groups is 2. The minimum absolute atomic E-state index is 0. The third kappa shape index (κ3) is 6.16. The Labute approximate surface area is 172 Å². The summed E-state index contributed by atoms with van der Waals surface area (Å²) in [5, 5.41) is 11.8. The summed E-state index contributed by atoms with van der Waals surface area (Å²) >= 11 is 0. The van der Waals surface area contributed by atoms with Gasteiger partial charge in [0.2, 0.25) is 15.9 Å². The number of nitrogens with one attached hydrogen (secondary N) is 1. The highest BCUT2D eigenvalue weighted by atomic mass is 35.5. The summed E-state index contributed by atoms with van der Waals surface area (Å²) in [7, 11) is -3.53. The Balaban J connectivity index is 0.00000392. The Morgan fingerprint density at radius 2 is 1.82 bits per heavy atom. The number of likely N-dealkylation sites (tertiary alicyclic amines) is 1. The number of piperidine rings is 1. The summed E-state index contributed by atoms with van der Waals surface area (Å²) in [5.41, 5.74) is 0.505. The first-order valence-corrected chi connectivity index (χ1v) is 10.6. The molecule has 1 fully saturated rings. The van der Waals surface area contributed by atoms with Gasteiger partial charge < -0.3 is 10.4 Å². The summed E-state index contributed by atoms with van der Waals surface area (Å²) in [5.74, 6) is -1.51. The SMILES string of the molecule is CCN(CC)S(=O)(=O)c1ccc(NC(=O)CN2CCCC(C(=O)O)C2)cc1.Cl. The van der Waals surface area contributed by atoms with Crippen LogP contribution in [0.1, 0.15) is 26.7 Å². The van der Waals surface area contributed by atoms with Crippen molar-refractivity contribution in [3.8, 4) is 0 Å². The molecule has 8 nitrogen and oxygen atoms in total. The van der Waals surface area contributed by atoms with Gasteiger partial charge in [-0.1, -0.05) is 13.8 Å². The van der Waals surface area contributed by atoms with Gasteiger partial charge in [0.15, 0.2) is 0 Å². The molecule has 0 radical (unpaired) electrons. The summed E-state index contributed by atoms with van der Waals surface area (Å²) < 4.78 is 26.3. The summed E-state index contributed by atoms with van der Waals surface area (Å²) in [6.07, 6.45) is 1.39. The van der Waals surface area contributed by atoms with Gasteiger partial charge in [0, 0.05) is 25.3 Å². The topological polar surface area (TPSA) is 107 Å². The molecule has 1 amide bonds. The number of hydrogen-bond donors (Lipinski definition) is 2. The maximum Gasteiger partial charge on any atom is 0.307 e. The molecule has 1 aliphatic heterocycles. The first-order chi connectivity index (χ1) is 12.8. The second kappa shape index (κ2) is 10.8. The van der Waals surface area contributed by atoms with Gasteiger partial charge in [-0.05, 0) is 43.7 Å². The molecule has 1 saturated heterocycles. The summed E-state index contributed by atoms with van der Waals surface area (Å²) in [6, 6.07) is 6.07. The zero-order chi connectivity index (χ0) is 20.0. The smallest absolute Gasteiger partial charge is 0.307 e. The van der Waals surface area contributed by atoms with Crippen molar-refractivity contribution in [1.29, 1.82) is 0 Å². The van der Waals surface area contributed by atoms with Crippen molar-refractivity contribution in [1.82, 2.24) is 9.21 Å². The van der Waals surface area contributed by atoms with Gasteiger partial charge in [-0.15, -0.1) is 12.4 Å². The number of hydrogen-bond acceptors (Lipinski definition) is 5. The molecular formula is C18H28ClN3O5S. The van der Waals surface area contributed by atoms with Crippen LogP contribution in [0.3, 0.4) is 0 Å². The van der Waals surface area contributed by atoms with Crippen molar-refractivity contribution in [2.24, 2.45) is 5.92 Å². The molecule has 1 aromatic rings. The number of carboxylic acids is 1. The summed E-state index contributed by atoms with van der Waals surface area (Å²) in [4.78, 5) is 25.3. The van der Waals surface area contributed by atoms with Gasteiger partial charge in [-0.2, -0.15) is 4.31 Å². The van der Waals surface area contributed by atoms with Crippen molar-refractivity contribution in [3.63, 3.8) is 0 Å². The lowest BCUT2D eigenvalue weighted by molar-refractivity contribution is -0.144. The minimum atomic E-state index is -3.53. The molecule has 10 heteroatoms. The van der Waals surface area contributed by atoms with Gasteiger partial charge in [0.05, 0.1) is 17.4 Å². The largest absolute Gasteiger partial charge is 0.481 e. The molecule has 0 spiro atoms. The number of rotatable bonds is 8. The third-order valence-corrected chi connectivity index (χ3v) is 6.77. The highest BCUT2D eigenvalue weighted by Gasteiger charge is 2.26. The molecule has 0 aromatic heterocycles. The molecular weight excluding hydrogens is 406 g/mol. The Kier molecular flexibility index (Phi) is 9.35. The lowest BCUT2D eigenvalue weighted by Crippen LogP contribution is -2.42. The highest BCUT2D eigenvalue weighted by Crippen LogP contribution is 2.19. The number of aliphatic carboxylic acids is 1. The Hall–Kier alpha value is -1.68. The van der Waals surface area contributed by atoms with E-state index in [0.29, 0.717) is 38.3 Å². The van der Waals surface area contributed by atoms with Gasteiger partial charge in [-0.25, -0.2) is 8.42 Å². The fraction of sp³-hybridized carbons (Fsp3) is 0.556. The van der Waals surface area contributed by atoms with E-state index in [1.807, 2.05) is 4.90 Å². The van der Waals surface area contributed by atoms with Crippen molar-refractivity contribution in [2.75, 3.05) is 38.0 Å². The van der Waals surface area contributed by atoms with Crippen molar-refractivity contribution in [2.45, 2.75) is 31.6 Å². The van der Waals surface area contributed by atoms with E-state index in [1.54, 1.807) is 26.0 Å².